The molecule has 0 amide bonds. The summed E-state index contributed by atoms with van der Waals surface area (Å²) in [5.41, 5.74) is 0.472. The Morgan fingerprint density at radius 2 is 1.93 bits per heavy atom. The van der Waals surface area contributed by atoms with E-state index in [1.54, 1.807) is 26.1 Å². The molecule has 1 unspecified atom stereocenters. The van der Waals surface area contributed by atoms with Crippen LogP contribution in [0.4, 0.5) is 8.78 Å². The van der Waals surface area contributed by atoms with E-state index in [2.05, 4.69) is 15.0 Å². The Labute approximate surface area is 166 Å². The highest BCUT2D eigenvalue weighted by Gasteiger charge is 2.32. The summed E-state index contributed by atoms with van der Waals surface area (Å²) in [6.07, 6.45) is 3.08. The zero-order valence-corrected chi connectivity index (χ0v) is 15.7. The van der Waals surface area contributed by atoms with Gasteiger partial charge in [0.25, 0.3) is 0 Å². The highest BCUT2D eigenvalue weighted by atomic mass is 19.1. The summed E-state index contributed by atoms with van der Waals surface area (Å²) in [6, 6.07) is 9.74. The molecule has 0 saturated carbocycles. The topological polar surface area (TPSA) is 81.1 Å². The van der Waals surface area contributed by atoms with Gasteiger partial charge in [-0.05, 0) is 43.7 Å². The monoisotopic (exact) mass is 390 g/mol. The maximum absolute atomic E-state index is 14.6. The Morgan fingerprint density at radius 3 is 2.66 bits per heavy atom. The standard InChI is InChI=1S/C22H16F2N4O/c1-22(2,29)18-11-26-20-15(10-27-21(20)28-18)12-6-7-16(23)14(8-12)19-13(9-25)4-3-5-17(19)24/h3-8,10-11,20,29H,1-2H3. The van der Waals surface area contributed by atoms with Crippen molar-refractivity contribution in [3.05, 3.63) is 65.4 Å². The van der Waals surface area contributed by atoms with E-state index in [-0.39, 0.29) is 16.7 Å². The number of hydrogen-bond donors (Lipinski definition) is 1. The Morgan fingerprint density at radius 1 is 1.14 bits per heavy atom. The number of halogens is 2. The average Bonchev–Trinajstić information content (AvgIpc) is 3.11. The van der Waals surface area contributed by atoms with Gasteiger partial charge in [0.05, 0.1) is 17.3 Å². The second kappa shape index (κ2) is 6.83. The Hall–Kier alpha value is -3.50. The third kappa shape index (κ3) is 3.28. The number of amidine groups is 1. The van der Waals surface area contributed by atoms with Crippen LogP contribution in [0.1, 0.15) is 25.0 Å². The predicted octanol–water partition coefficient (Wildman–Crippen LogP) is 3.92. The van der Waals surface area contributed by atoms with Crippen molar-refractivity contribution in [2.75, 3.05) is 0 Å². The predicted molar refractivity (Wildman–Crippen MR) is 108 cm³/mol. The Bertz CT molecular complexity index is 1180. The lowest BCUT2D eigenvalue weighted by atomic mass is 9.93. The van der Waals surface area contributed by atoms with Crippen molar-refractivity contribution in [1.82, 2.24) is 0 Å². The fourth-order valence-electron chi connectivity index (χ4n) is 3.26. The average molecular weight is 390 g/mol. The van der Waals surface area contributed by atoms with Gasteiger partial charge in [0.2, 0.25) is 0 Å². The Kier molecular flexibility index (Phi) is 4.44. The van der Waals surface area contributed by atoms with Gasteiger partial charge >= 0.3 is 0 Å². The number of aliphatic imine (C=N–C) groups is 3. The molecule has 0 saturated heterocycles. The molecule has 2 heterocycles. The first kappa shape index (κ1) is 18.8. The molecule has 0 fully saturated rings. The first-order chi connectivity index (χ1) is 13.8. The number of nitriles is 1. The van der Waals surface area contributed by atoms with Crippen molar-refractivity contribution in [2.45, 2.75) is 25.5 Å². The lowest BCUT2D eigenvalue weighted by Gasteiger charge is -2.22. The van der Waals surface area contributed by atoms with E-state index >= 15 is 0 Å². The number of hydrogen-bond acceptors (Lipinski definition) is 5. The second-order valence-corrected chi connectivity index (χ2v) is 7.28. The molecule has 5 nitrogen and oxygen atoms in total. The van der Waals surface area contributed by atoms with Gasteiger partial charge < -0.3 is 5.11 Å². The van der Waals surface area contributed by atoms with Crippen molar-refractivity contribution < 1.29 is 13.9 Å². The van der Waals surface area contributed by atoms with Crippen LogP contribution in [-0.4, -0.2) is 34.5 Å². The van der Waals surface area contributed by atoms with E-state index in [0.29, 0.717) is 22.7 Å². The number of fused-ring (bicyclic) bond motifs is 1. The summed E-state index contributed by atoms with van der Waals surface area (Å²) in [5.74, 6) is -0.883. The second-order valence-electron chi connectivity index (χ2n) is 7.28. The molecule has 1 atom stereocenters. The maximum atomic E-state index is 14.6. The zero-order valence-electron chi connectivity index (χ0n) is 15.7. The van der Waals surface area contributed by atoms with Crippen LogP contribution >= 0.6 is 0 Å². The number of aliphatic hydroxyl groups is 1. The zero-order chi connectivity index (χ0) is 20.8. The van der Waals surface area contributed by atoms with Crippen LogP contribution in [0.25, 0.3) is 16.7 Å². The first-order valence-electron chi connectivity index (χ1n) is 8.91. The van der Waals surface area contributed by atoms with Crippen molar-refractivity contribution >= 4 is 23.3 Å². The third-order valence-corrected chi connectivity index (χ3v) is 4.79. The molecule has 0 aromatic heterocycles. The largest absolute Gasteiger partial charge is 0.384 e. The van der Waals surface area contributed by atoms with E-state index in [9.17, 15) is 19.1 Å². The first-order valence-corrected chi connectivity index (χ1v) is 8.91. The van der Waals surface area contributed by atoms with Crippen LogP contribution in [0.15, 0.2) is 57.6 Å². The van der Waals surface area contributed by atoms with Gasteiger partial charge in [0, 0.05) is 29.1 Å². The fraction of sp³-hybridized carbons (Fsp3) is 0.182. The van der Waals surface area contributed by atoms with Crippen LogP contribution in [0.3, 0.4) is 0 Å². The summed E-state index contributed by atoms with van der Waals surface area (Å²) in [6.45, 7) is 3.21. The highest BCUT2D eigenvalue weighted by molar-refractivity contribution is 6.38. The normalized spacial score (nSPS) is 17.9. The summed E-state index contributed by atoms with van der Waals surface area (Å²) in [7, 11) is 0. The summed E-state index contributed by atoms with van der Waals surface area (Å²) >= 11 is 0. The molecule has 0 spiro atoms. The number of rotatable bonds is 3. The fourth-order valence-corrected chi connectivity index (χ4v) is 3.26. The summed E-state index contributed by atoms with van der Waals surface area (Å²) in [4.78, 5) is 13.1. The van der Waals surface area contributed by atoms with E-state index in [0.717, 1.165) is 0 Å². The van der Waals surface area contributed by atoms with Crippen LogP contribution in [0, 0.1) is 23.0 Å². The van der Waals surface area contributed by atoms with Gasteiger partial charge in [0.15, 0.2) is 5.84 Å². The molecule has 0 radical (unpaired) electrons. The van der Waals surface area contributed by atoms with E-state index in [1.165, 1.54) is 36.5 Å². The lowest BCUT2D eigenvalue weighted by Crippen LogP contribution is -2.37. The van der Waals surface area contributed by atoms with Gasteiger partial charge in [-0.3, -0.25) is 4.99 Å². The lowest BCUT2D eigenvalue weighted by molar-refractivity contribution is 0.156. The van der Waals surface area contributed by atoms with Crippen molar-refractivity contribution in [3.63, 3.8) is 0 Å². The van der Waals surface area contributed by atoms with Crippen LogP contribution in [0.5, 0.6) is 0 Å². The number of nitrogens with zero attached hydrogens (tertiary/aromatic N) is 4. The third-order valence-electron chi connectivity index (χ3n) is 4.79. The molecule has 2 aliphatic rings. The SMILES string of the molecule is CC(C)(O)C1=NC2=NC=C(c3ccc(F)c(-c4c(F)cccc4C#N)c3)C2N=C1. The molecule has 7 heteroatoms. The molecule has 0 bridgehead atoms. The minimum absolute atomic E-state index is 0.00743. The van der Waals surface area contributed by atoms with E-state index < -0.39 is 23.3 Å². The molecular formula is C22H16F2N4O. The van der Waals surface area contributed by atoms with Crippen LogP contribution < -0.4 is 0 Å². The van der Waals surface area contributed by atoms with Crippen molar-refractivity contribution in [2.24, 2.45) is 15.0 Å². The van der Waals surface area contributed by atoms with Crippen molar-refractivity contribution in [3.8, 4) is 17.2 Å². The number of benzene rings is 2. The van der Waals surface area contributed by atoms with Crippen LogP contribution in [0.2, 0.25) is 0 Å². The van der Waals surface area contributed by atoms with Crippen LogP contribution in [-0.2, 0) is 0 Å². The molecule has 29 heavy (non-hydrogen) atoms. The van der Waals surface area contributed by atoms with Gasteiger partial charge in [-0.15, -0.1) is 0 Å². The molecular weight excluding hydrogens is 374 g/mol. The minimum atomic E-state index is -1.15. The highest BCUT2D eigenvalue weighted by Crippen LogP contribution is 2.35. The molecule has 144 valence electrons. The maximum Gasteiger partial charge on any atom is 0.157 e. The Balaban J connectivity index is 1.74. The molecule has 2 aliphatic heterocycles. The molecule has 4 rings (SSSR count). The molecule has 1 N–H and O–H groups in total. The summed E-state index contributed by atoms with van der Waals surface area (Å²) in [5, 5.41) is 19.4. The summed E-state index contributed by atoms with van der Waals surface area (Å²) < 4.78 is 29.0. The van der Waals surface area contributed by atoms with E-state index in [4.69, 9.17) is 0 Å². The van der Waals surface area contributed by atoms with Gasteiger partial charge in [-0.1, -0.05) is 12.1 Å². The molecule has 0 aliphatic carbocycles. The molecule has 2 aromatic rings. The van der Waals surface area contributed by atoms with Gasteiger partial charge in [-0.25, -0.2) is 18.8 Å². The van der Waals surface area contributed by atoms with Gasteiger partial charge in [0.1, 0.15) is 23.3 Å². The molecule has 2 aromatic carbocycles. The van der Waals surface area contributed by atoms with Crippen molar-refractivity contribution in [1.29, 1.82) is 5.26 Å². The van der Waals surface area contributed by atoms with E-state index in [1.807, 2.05) is 6.07 Å². The smallest absolute Gasteiger partial charge is 0.157 e. The minimum Gasteiger partial charge on any atom is -0.384 e. The van der Waals surface area contributed by atoms with Gasteiger partial charge in [-0.2, -0.15) is 5.26 Å². The quantitative estimate of drug-likeness (QED) is 0.862.